The first-order chi connectivity index (χ1) is 7.93. The second kappa shape index (κ2) is 4.21. The van der Waals surface area contributed by atoms with E-state index < -0.39 is 0 Å². The average molecular weight is 230 g/mol. The van der Waals surface area contributed by atoms with Crippen molar-refractivity contribution < 1.29 is 4.42 Å². The van der Waals surface area contributed by atoms with Gasteiger partial charge in [0.05, 0.1) is 0 Å². The predicted molar refractivity (Wildman–Crippen MR) is 73.9 cm³/mol. The van der Waals surface area contributed by atoms with Crippen molar-refractivity contribution in [2.45, 2.75) is 53.4 Å². The fourth-order valence-electron chi connectivity index (χ4n) is 2.54. The second-order valence-electron chi connectivity index (χ2n) is 5.54. The van der Waals surface area contributed by atoms with Crippen molar-refractivity contribution in [2.75, 3.05) is 0 Å². The fraction of sp³-hybridized carbons (Fsp3) is 0.500. The van der Waals surface area contributed by atoms with Gasteiger partial charge in [0.1, 0.15) is 11.3 Å². The molecule has 0 amide bonds. The molecule has 0 aliphatic rings. The summed E-state index contributed by atoms with van der Waals surface area (Å²) in [5.74, 6) is 2.09. The molecular weight excluding hydrogens is 208 g/mol. The van der Waals surface area contributed by atoms with Crippen LogP contribution in [-0.4, -0.2) is 0 Å². The standard InChI is InChI=1S/C16H22O/c1-9(2)13-7-8-14-11(5)12(6)17-16(14)15(13)10(3)4/h7-10H,1-6H3. The Balaban J connectivity index is 2.84. The summed E-state index contributed by atoms with van der Waals surface area (Å²) in [7, 11) is 0. The minimum Gasteiger partial charge on any atom is -0.461 e. The molecule has 0 bridgehead atoms. The maximum atomic E-state index is 5.98. The van der Waals surface area contributed by atoms with Crippen molar-refractivity contribution >= 4 is 11.0 Å². The Morgan fingerprint density at radius 2 is 1.59 bits per heavy atom. The zero-order valence-electron chi connectivity index (χ0n) is 11.7. The summed E-state index contributed by atoms with van der Waals surface area (Å²) in [6, 6.07) is 4.48. The van der Waals surface area contributed by atoms with E-state index in [0.29, 0.717) is 11.8 Å². The molecular formula is C16H22O. The van der Waals surface area contributed by atoms with Gasteiger partial charge < -0.3 is 4.42 Å². The molecule has 2 rings (SSSR count). The van der Waals surface area contributed by atoms with E-state index in [9.17, 15) is 0 Å². The van der Waals surface area contributed by atoms with E-state index in [4.69, 9.17) is 4.42 Å². The van der Waals surface area contributed by atoms with Gasteiger partial charge in [-0.2, -0.15) is 0 Å². The average Bonchev–Trinajstić information content (AvgIpc) is 2.53. The van der Waals surface area contributed by atoms with Crippen molar-refractivity contribution in [3.05, 3.63) is 34.6 Å². The summed E-state index contributed by atoms with van der Waals surface area (Å²) in [4.78, 5) is 0. The van der Waals surface area contributed by atoms with E-state index in [0.717, 1.165) is 11.3 Å². The van der Waals surface area contributed by atoms with E-state index in [1.807, 2.05) is 0 Å². The molecule has 0 N–H and O–H groups in total. The van der Waals surface area contributed by atoms with Crippen LogP contribution in [0.1, 0.15) is 62.0 Å². The van der Waals surface area contributed by atoms with Gasteiger partial charge in [-0.3, -0.25) is 0 Å². The van der Waals surface area contributed by atoms with Crippen LogP contribution in [-0.2, 0) is 0 Å². The van der Waals surface area contributed by atoms with E-state index in [1.54, 1.807) is 0 Å². The van der Waals surface area contributed by atoms with E-state index >= 15 is 0 Å². The molecule has 1 nitrogen and oxygen atoms in total. The molecule has 1 heteroatoms. The lowest BCUT2D eigenvalue weighted by molar-refractivity contribution is 0.567. The Morgan fingerprint density at radius 3 is 2.12 bits per heavy atom. The van der Waals surface area contributed by atoms with Gasteiger partial charge in [0, 0.05) is 10.9 Å². The zero-order valence-corrected chi connectivity index (χ0v) is 11.7. The number of rotatable bonds is 2. The molecule has 0 fully saturated rings. The second-order valence-corrected chi connectivity index (χ2v) is 5.54. The van der Waals surface area contributed by atoms with Crippen LogP contribution in [0.3, 0.4) is 0 Å². The van der Waals surface area contributed by atoms with Gasteiger partial charge in [0.25, 0.3) is 0 Å². The van der Waals surface area contributed by atoms with Gasteiger partial charge in [-0.25, -0.2) is 0 Å². The molecule has 1 aromatic heterocycles. The highest BCUT2D eigenvalue weighted by atomic mass is 16.3. The van der Waals surface area contributed by atoms with Crippen molar-refractivity contribution in [1.82, 2.24) is 0 Å². The summed E-state index contributed by atoms with van der Waals surface area (Å²) < 4.78 is 5.98. The van der Waals surface area contributed by atoms with Crippen LogP contribution in [0.2, 0.25) is 0 Å². The quantitative estimate of drug-likeness (QED) is 0.682. The lowest BCUT2D eigenvalue weighted by atomic mass is 9.89. The third-order valence-corrected chi connectivity index (χ3v) is 3.62. The molecule has 0 unspecified atom stereocenters. The summed E-state index contributed by atoms with van der Waals surface area (Å²) in [6.07, 6.45) is 0. The van der Waals surface area contributed by atoms with Crippen molar-refractivity contribution in [3.8, 4) is 0 Å². The first kappa shape index (κ1) is 12.2. The molecule has 92 valence electrons. The van der Waals surface area contributed by atoms with Gasteiger partial charge in [0.2, 0.25) is 0 Å². The summed E-state index contributed by atoms with van der Waals surface area (Å²) in [5.41, 5.74) is 5.17. The normalized spacial score (nSPS) is 12.0. The lowest BCUT2D eigenvalue weighted by Gasteiger charge is -2.16. The summed E-state index contributed by atoms with van der Waals surface area (Å²) in [6.45, 7) is 13.2. The molecule has 1 heterocycles. The topological polar surface area (TPSA) is 13.1 Å². The van der Waals surface area contributed by atoms with Crippen LogP contribution in [0, 0.1) is 13.8 Å². The number of furan rings is 1. The van der Waals surface area contributed by atoms with Crippen LogP contribution in [0.15, 0.2) is 16.5 Å². The molecule has 17 heavy (non-hydrogen) atoms. The number of aryl methyl sites for hydroxylation is 2. The van der Waals surface area contributed by atoms with Gasteiger partial charge in [-0.05, 0) is 36.8 Å². The Labute approximate surface area is 104 Å². The highest BCUT2D eigenvalue weighted by molar-refractivity contribution is 5.86. The van der Waals surface area contributed by atoms with Crippen molar-refractivity contribution in [3.63, 3.8) is 0 Å². The molecule has 0 saturated heterocycles. The minimum atomic E-state index is 0.501. The van der Waals surface area contributed by atoms with Crippen LogP contribution >= 0.6 is 0 Å². The van der Waals surface area contributed by atoms with E-state index in [1.165, 1.54) is 22.1 Å². The van der Waals surface area contributed by atoms with Gasteiger partial charge in [0.15, 0.2) is 0 Å². The molecule has 0 atom stereocenters. The molecule has 2 aromatic rings. The highest BCUT2D eigenvalue weighted by Gasteiger charge is 2.18. The molecule has 0 aliphatic carbocycles. The SMILES string of the molecule is Cc1oc2c(C(C)C)c(C(C)C)ccc2c1C. The van der Waals surface area contributed by atoms with Gasteiger partial charge >= 0.3 is 0 Å². The number of benzene rings is 1. The zero-order chi connectivity index (χ0) is 12.7. The van der Waals surface area contributed by atoms with Crippen molar-refractivity contribution in [1.29, 1.82) is 0 Å². The Kier molecular flexibility index (Phi) is 3.03. The van der Waals surface area contributed by atoms with Crippen LogP contribution < -0.4 is 0 Å². The Hall–Kier alpha value is -1.24. The summed E-state index contributed by atoms with van der Waals surface area (Å²) >= 11 is 0. The first-order valence-corrected chi connectivity index (χ1v) is 6.46. The van der Waals surface area contributed by atoms with E-state index in [-0.39, 0.29) is 0 Å². The number of fused-ring (bicyclic) bond motifs is 1. The summed E-state index contributed by atoms with van der Waals surface area (Å²) in [5, 5.41) is 1.27. The van der Waals surface area contributed by atoms with Crippen molar-refractivity contribution in [2.24, 2.45) is 0 Å². The maximum absolute atomic E-state index is 5.98. The highest BCUT2D eigenvalue weighted by Crippen LogP contribution is 2.36. The molecule has 0 saturated carbocycles. The lowest BCUT2D eigenvalue weighted by Crippen LogP contribution is -1.98. The third-order valence-electron chi connectivity index (χ3n) is 3.62. The molecule has 0 spiro atoms. The van der Waals surface area contributed by atoms with E-state index in [2.05, 4.69) is 53.7 Å². The van der Waals surface area contributed by atoms with Crippen LogP contribution in [0.5, 0.6) is 0 Å². The van der Waals surface area contributed by atoms with Crippen LogP contribution in [0.25, 0.3) is 11.0 Å². The number of hydrogen-bond acceptors (Lipinski definition) is 1. The minimum absolute atomic E-state index is 0.501. The predicted octanol–water partition coefficient (Wildman–Crippen LogP) is 5.30. The van der Waals surface area contributed by atoms with Gasteiger partial charge in [-0.15, -0.1) is 0 Å². The smallest absolute Gasteiger partial charge is 0.138 e. The molecule has 1 aromatic carbocycles. The Morgan fingerprint density at radius 1 is 0.941 bits per heavy atom. The maximum Gasteiger partial charge on any atom is 0.138 e. The molecule has 0 aliphatic heterocycles. The van der Waals surface area contributed by atoms with Gasteiger partial charge in [-0.1, -0.05) is 39.8 Å². The fourth-order valence-corrected chi connectivity index (χ4v) is 2.54. The third kappa shape index (κ3) is 1.88. The Bertz CT molecular complexity index is 544. The largest absolute Gasteiger partial charge is 0.461 e. The monoisotopic (exact) mass is 230 g/mol. The first-order valence-electron chi connectivity index (χ1n) is 6.46. The van der Waals surface area contributed by atoms with Crippen LogP contribution in [0.4, 0.5) is 0 Å². The number of hydrogen-bond donors (Lipinski definition) is 0. The molecule has 0 radical (unpaired) electrons.